The number of piperidine rings is 1. The van der Waals surface area contributed by atoms with Crippen LogP contribution in [0.2, 0.25) is 5.02 Å². The summed E-state index contributed by atoms with van der Waals surface area (Å²) in [7, 11) is 0. The normalized spacial score (nSPS) is 20.5. The van der Waals surface area contributed by atoms with Crippen LogP contribution in [0.3, 0.4) is 0 Å². The van der Waals surface area contributed by atoms with Crippen molar-refractivity contribution in [1.82, 2.24) is 19.7 Å². The average Bonchev–Trinajstić information content (AvgIpc) is 3.32. The number of halogens is 1. The van der Waals surface area contributed by atoms with E-state index in [1.165, 1.54) is 32.1 Å². The first kappa shape index (κ1) is 22.3. The fraction of sp³-hybridized carbons (Fsp3) is 0.625. The highest BCUT2D eigenvalue weighted by atomic mass is 35.5. The van der Waals surface area contributed by atoms with Crippen molar-refractivity contribution < 1.29 is 4.79 Å². The van der Waals surface area contributed by atoms with Crippen LogP contribution in [0.5, 0.6) is 0 Å². The predicted molar refractivity (Wildman–Crippen MR) is 123 cm³/mol. The molecule has 6 nitrogen and oxygen atoms in total. The molecule has 0 bridgehead atoms. The number of hydrogen-bond acceptors (Lipinski definition) is 4. The van der Waals surface area contributed by atoms with E-state index in [1.807, 2.05) is 40.2 Å². The van der Waals surface area contributed by atoms with Crippen LogP contribution in [-0.4, -0.2) is 44.7 Å². The first-order valence-electron chi connectivity index (χ1n) is 11.7. The second kappa shape index (κ2) is 10.1. The van der Waals surface area contributed by atoms with Gasteiger partial charge in [0.25, 0.3) is 0 Å². The minimum Gasteiger partial charge on any atom is -0.341 e. The molecular formula is C24H34ClN5O. The van der Waals surface area contributed by atoms with Gasteiger partial charge in [-0.05, 0) is 67.6 Å². The predicted octanol–water partition coefficient (Wildman–Crippen LogP) is 4.08. The molecule has 1 aliphatic heterocycles. The van der Waals surface area contributed by atoms with Gasteiger partial charge in [0.2, 0.25) is 5.91 Å². The largest absolute Gasteiger partial charge is 0.341 e. The van der Waals surface area contributed by atoms with Crippen LogP contribution in [0.25, 0.3) is 0 Å². The van der Waals surface area contributed by atoms with Crippen LogP contribution in [0.4, 0.5) is 0 Å². The second-order valence-corrected chi connectivity index (χ2v) is 9.82. The zero-order valence-corrected chi connectivity index (χ0v) is 19.0. The maximum absolute atomic E-state index is 13.0. The summed E-state index contributed by atoms with van der Waals surface area (Å²) in [5, 5.41) is 5.11. The molecule has 7 heteroatoms. The molecule has 31 heavy (non-hydrogen) atoms. The van der Waals surface area contributed by atoms with E-state index in [1.54, 1.807) is 6.33 Å². The van der Waals surface area contributed by atoms with Crippen LogP contribution >= 0.6 is 11.6 Å². The van der Waals surface area contributed by atoms with Gasteiger partial charge in [-0.2, -0.15) is 5.10 Å². The Labute approximate surface area is 190 Å². The Morgan fingerprint density at radius 2 is 1.87 bits per heavy atom. The molecule has 0 radical (unpaired) electrons. The van der Waals surface area contributed by atoms with E-state index in [0.717, 1.165) is 49.5 Å². The SMILES string of the molecule is N[C@H](CCc1ccc(Cl)cc1)C(=O)N1CCC(Cn2cncn2)(C2CCCCC2)CC1. The van der Waals surface area contributed by atoms with Crippen LogP contribution in [-0.2, 0) is 17.8 Å². The van der Waals surface area contributed by atoms with Crippen molar-refractivity contribution in [1.29, 1.82) is 0 Å². The van der Waals surface area contributed by atoms with E-state index in [0.29, 0.717) is 12.3 Å². The highest BCUT2D eigenvalue weighted by Gasteiger charge is 2.43. The standard InChI is InChI=1S/C24H34ClN5O/c25-21-9-6-19(7-10-21)8-11-22(26)23(31)29-14-12-24(13-15-29,16-30-18-27-17-28-30)20-4-2-1-3-5-20/h6-7,9-10,17-18,20,22H,1-5,8,11-16,26H2/t22-/m1/s1. The molecule has 1 aromatic heterocycles. The Morgan fingerprint density at radius 3 is 2.52 bits per heavy atom. The highest BCUT2D eigenvalue weighted by Crippen LogP contribution is 2.47. The number of aryl methyl sites for hydroxylation is 1. The molecule has 168 valence electrons. The van der Waals surface area contributed by atoms with E-state index in [2.05, 4.69) is 10.1 Å². The summed E-state index contributed by atoms with van der Waals surface area (Å²) in [6.07, 6.45) is 13.5. The topological polar surface area (TPSA) is 77.0 Å². The maximum atomic E-state index is 13.0. The summed E-state index contributed by atoms with van der Waals surface area (Å²) in [6.45, 7) is 2.49. The Hall–Kier alpha value is -1.92. The third kappa shape index (κ3) is 5.47. The van der Waals surface area contributed by atoms with Crippen LogP contribution in [0.15, 0.2) is 36.9 Å². The zero-order valence-electron chi connectivity index (χ0n) is 18.3. The molecule has 1 atom stereocenters. The van der Waals surface area contributed by atoms with Gasteiger partial charge in [0.05, 0.1) is 6.04 Å². The smallest absolute Gasteiger partial charge is 0.239 e. The first-order chi connectivity index (χ1) is 15.1. The Balaban J connectivity index is 1.35. The lowest BCUT2D eigenvalue weighted by Gasteiger charge is -2.48. The highest BCUT2D eigenvalue weighted by molar-refractivity contribution is 6.30. The Bertz CT molecular complexity index is 824. The molecule has 4 rings (SSSR count). The van der Waals surface area contributed by atoms with Crippen molar-refractivity contribution in [2.24, 2.45) is 17.1 Å². The number of aromatic nitrogens is 3. The molecule has 1 amide bonds. The summed E-state index contributed by atoms with van der Waals surface area (Å²) >= 11 is 5.96. The third-order valence-electron chi connectivity index (χ3n) is 7.46. The van der Waals surface area contributed by atoms with E-state index >= 15 is 0 Å². The lowest BCUT2D eigenvalue weighted by molar-refractivity contribution is -0.136. The molecule has 1 aliphatic carbocycles. The molecule has 1 saturated heterocycles. The lowest BCUT2D eigenvalue weighted by Crippen LogP contribution is -2.52. The van der Waals surface area contributed by atoms with Gasteiger partial charge in [-0.3, -0.25) is 9.48 Å². The van der Waals surface area contributed by atoms with E-state index < -0.39 is 6.04 Å². The number of carbonyl (C=O) groups is 1. The monoisotopic (exact) mass is 443 g/mol. The van der Waals surface area contributed by atoms with Crippen LogP contribution in [0, 0.1) is 11.3 Å². The minimum atomic E-state index is -0.451. The minimum absolute atomic E-state index is 0.0898. The molecule has 0 unspecified atom stereocenters. The summed E-state index contributed by atoms with van der Waals surface area (Å²) < 4.78 is 1.99. The van der Waals surface area contributed by atoms with Crippen molar-refractivity contribution in [3.63, 3.8) is 0 Å². The van der Waals surface area contributed by atoms with Crippen molar-refractivity contribution in [3.05, 3.63) is 47.5 Å². The number of likely N-dealkylation sites (tertiary alicyclic amines) is 1. The lowest BCUT2D eigenvalue weighted by atomic mass is 9.63. The Morgan fingerprint density at radius 1 is 1.16 bits per heavy atom. The molecule has 2 aliphatic rings. The molecule has 0 spiro atoms. The van der Waals surface area contributed by atoms with E-state index in [9.17, 15) is 4.79 Å². The number of benzene rings is 1. The number of hydrogen-bond donors (Lipinski definition) is 1. The number of rotatable bonds is 7. The number of amides is 1. The van der Waals surface area contributed by atoms with Crippen molar-refractivity contribution in [2.45, 2.75) is 70.4 Å². The second-order valence-electron chi connectivity index (χ2n) is 9.39. The van der Waals surface area contributed by atoms with E-state index in [4.69, 9.17) is 17.3 Å². The molecular weight excluding hydrogens is 410 g/mol. The van der Waals surface area contributed by atoms with Crippen LogP contribution in [0.1, 0.15) is 56.9 Å². The molecule has 1 aromatic carbocycles. The fourth-order valence-corrected chi connectivity index (χ4v) is 5.68. The summed E-state index contributed by atoms with van der Waals surface area (Å²) in [6, 6.07) is 7.32. The zero-order chi connectivity index (χ0) is 21.7. The summed E-state index contributed by atoms with van der Waals surface area (Å²) in [5.41, 5.74) is 7.68. The number of nitrogens with zero attached hydrogens (tertiary/aromatic N) is 4. The molecule has 2 N–H and O–H groups in total. The van der Waals surface area contributed by atoms with Gasteiger partial charge in [0.15, 0.2) is 0 Å². The average molecular weight is 444 g/mol. The van der Waals surface area contributed by atoms with Gasteiger partial charge in [-0.15, -0.1) is 0 Å². The molecule has 2 heterocycles. The van der Waals surface area contributed by atoms with Crippen molar-refractivity contribution >= 4 is 17.5 Å². The van der Waals surface area contributed by atoms with Gasteiger partial charge < -0.3 is 10.6 Å². The summed E-state index contributed by atoms with van der Waals surface area (Å²) in [5.74, 6) is 0.799. The van der Waals surface area contributed by atoms with Gasteiger partial charge in [-0.1, -0.05) is 43.0 Å². The maximum Gasteiger partial charge on any atom is 0.239 e. The fourth-order valence-electron chi connectivity index (χ4n) is 5.55. The van der Waals surface area contributed by atoms with Crippen molar-refractivity contribution in [3.8, 4) is 0 Å². The number of carbonyl (C=O) groups excluding carboxylic acids is 1. The van der Waals surface area contributed by atoms with Gasteiger partial charge >= 0.3 is 0 Å². The Kier molecular flexibility index (Phi) is 7.28. The third-order valence-corrected chi connectivity index (χ3v) is 7.71. The van der Waals surface area contributed by atoms with Crippen molar-refractivity contribution in [2.75, 3.05) is 13.1 Å². The molecule has 2 aromatic rings. The van der Waals surface area contributed by atoms with E-state index in [-0.39, 0.29) is 11.3 Å². The van der Waals surface area contributed by atoms with Gasteiger partial charge in [0, 0.05) is 24.7 Å². The first-order valence-corrected chi connectivity index (χ1v) is 12.0. The van der Waals surface area contributed by atoms with Crippen LogP contribution < -0.4 is 5.73 Å². The van der Waals surface area contributed by atoms with Gasteiger partial charge in [0.1, 0.15) is 12.7 Å². The quantitative estimate of drug-likeness (QED) is 0.699. The molecule has 2 fully saturated rings. The molecule has 1 saturated carbocycles. The summed E-state index contributed by atoms with van der Waals surface area (Å²) in [4.78, 5) is 19.2. The van der Waals surface area contributed by atoms with Gasteiger partial charge in [-0.25, -0.2) is 4.98 Å². The number of nitrogens with two attached hydrogens (primary N) is 1.